The fourth-order valence-electron chi connectivity index (χ4n) is 11.5. The van der Waals surface area contributed by atoms with Crippen LogP contribution < -0.4 is 0 Å². The van der Waals surface area contributed by atoms with E-state index in [1.165, 1.54) is 143 Å². The van der Waals surface area contributed by atoms with Crippen LogP contribution in [0.1, 0.15) is 28.7 Å². The van der Waals surface area contributed by atoms with Gasteiger partial charge in [-0.3, -0.25) is 0 Å². The van der Waals surface area contributed by atoms with E-state index in [-0.39, 0.29) is 0 Å². The molecule has 0 heteroatoms. The van der Waals surface area contributed by atoms with Crippen LogP contribution in [0.25, 0.3) is 121 Å². The summed E-state index contributed by atoms with van der Waals surface area (Å²) in [7, 11) is 0. The summed E-state index contributed by atoms with van der Waals surface area (Å²) in [6.07, 6.45) is 6.83. The monoisotopic (exact) mass is 834 g/mol. The van der Waals surface area contributed by atoms with Gasteiger partial charge in [0.05, 0.1) is 0 Å². The summed E-state index contributed by atoms with van der Waals surface area (Å²) in [5.41, 5.74) is 20.7. The van der Waals surface area contributed by atoms with Gasteiger partial charge < -0.3 is 0 Å². The van der Waals surface area contributed by atoms with Crippen LogP contribution >= 0.6 is 0 Å². The van der Waals surface area contributed by atoms with E-state index in [1.807, 2.05) is 0 Å². The van der Waals surface area contributed by atoms with E-state index in [4.69, 9.17) is 0 Å². The van der Waals surface area contributed by atoms with Crippen LogP contribution in [-0.2, 0) is 6.42 Å². The first-order valence-electron chi connectivity index (χ1n) is 23.2. The molecule has 12 aromatic carbocycles. The van der Waals surface area contributed by atoms with Gasteiger partial charge in [-0.1, -0.05) is 200 Å². The molecule has 0 bridgehead atoms. The number of benzene rings is 12. The third-order valence-corrected chi connectivity index (χ3v) is 14.6. The topological polar surface area (TPSA) is 0 Å². The van der Waals surface area contributed by atoms with Crippen LogP contribution in [0.4, 0.5) is 0 Å². The predicted molar refractivity (Wildman–Crippen MR) is 282 cm³/mol. The number of fused-ring (bicyclic) bond motifs is 1. The molecule has 306 valence electrons. The van der Waals surface area contributed by atoms with E-state index in [1.54, 1.807) is 0 Å². The molecule has 2 aliphatic rings. The maximum atomic E-state index is 2.49. The third-order valence-electron chi connectivity index (χ3n) is 14.6. The van der Waals surface area contributed by atoms with E-state index >= 15 is 0 Å². The highest BCUT2D eigenvalue weighted by atomic mass is 14.3. The van der Waals surface area contributed by atoms with Crippen molar-refractivity contribution >= 4 is 65.0 Å². The Balaban J connectivity index is 0.797. The molecule has 0 heterocycles. The summed E-state index contributed by atoms with van der Waals surface area (Å²) in [6, 6.07) is 81.6. The molecule has 0 nitrogen and oxygen atoms in total. The lowest BCUT2D eigenvalue weighted by Gasteiger charge is -2.28. The highest BCUT2D eigenvalue weighted by Crippen LogP contribution is 2.48. The first-order valence-corrected chi connectivity index (χ1v) is 23.2. The first-order chi connectivity index (χ1) is 32.7. The lowest BCUT2D eigenvalue weighted by molar-refractivity contribution is 1.22. The predicted octanol–water partition coefficient (Wildman–Crippen LogP) is 18.0. The van der Waals surface area contributed by atoms with Crippen LogP contribution in [0.5, 0.6) is 0 Å². The summed E-state index contributed by atoms with van der Waals surface area (Å²) >= 11 is 0. The van der Waals surface area contributed by atoms with Crippen LogP contribution in [0.15, 0.2) is 231 Å². The van der Waals surface area contributed by atoms with E-state index in [0.29, 0.717) is 0 Å². The van der Waals surface area contributed by atoms with E-state index in [2.05, 4.69) is 231 Å². The zero-order valence-electron chi connectivity index (χ0n) is 36.4. The molecule has 0 amide bonds. The summed E-state index contributed by atoms with van der Waals surface area (Å²) in [5.74, 6) is 0. The molecule has 0 aliphatic heterocycles. The zero-order valence-corrected chi connectivity index (χ0v) is 36.4. The number of hydrogen-bond acceptors (Lipinski definition) is 0. The van der Waals surface area contributed by atoms with Gasteiger partial charge in [-0.2, -0.15) is 0 Å². The normalized spacial score (nSPS) is 13.2. The largest absolute Gasteiger partial charge is 0.0759 e. The second-order valence-electron chi connectivity index (χ2n) is 18.3. The average molecular weight is 835 g/mol. The van der Waals surface area contributed by atoms with Crippen molar-refractivity contribution in [2.24, 2.45) is 0 Å². The molecule has 0 unspecified atom stereocenters. The Hall–Kier alpha value is -8.32. The Morgan fingerprint density at radius 1 is 0.258 bits per heavy atom. The molecule has 12 aromatic rings. The van der Waals surface area contributed by atoms with Gasteiger partial charge in [0.2, 0.25) is 0 Å². The molecule has 0 saturated carbocycles. The zero-order chi connectivity index (χ0) is 43.3. The molecular formula is C66H42. The van der Waals surface area contributed by atoms with Gasteiger partial charge in [0, 0.05) is 0 Å². The lowest BCUT2D eigenvalue weighted by atomic mass is 9.76. The molecule has 2 aliphatic carbocycles. The van der Waals surface area contributed by atoms with Gasteiger partial charge in [-0.15, -0.1) is 0 Å². The Labute approximate surface area is 384 Å². The van der Waals surface area contributed by atoms with Crippen molar-refractivity contribution in [1.29, 1.82) is 0 Å². The standard InChI is InChI=1S/C66H42/c1-2-9-47-38-56(23-20-41(47)8-1)59-32-26-46-28-34-61-58(31-25-45-29-35-62(59)66(46)65(45)61)55-19-7-17-53(40-55)51-15-5-13-49(37-51)48-12-4-14-50(36-48)52-16-6-18-54(39-52)57-30-24-44-22-21-42-10-3-11-43-27-33-60(57)64(44)63(42)43/h1-25,27-33,35-40H,26,34H2. The van der Waals surface area contributed by atoms with Gasteiger partial charge in [-0.25, -0.2) is 0 Å². The van der Waals surface area contributed by atoms with Crippen molar-refractivity contribution in [2.45, 2.75) is 12.8 Å². The van der Waals surface area contributed by atoms with Gasteiger partial charge in [0.15, 0.2) is 0 Å². The molecule has 0 atom stereocenters. The maximum absolute atomic E-state index is 2.49. The van der Waals surface area contributed by atoms with Crippen LogP contribution in [0.3, 0.4) is 0 Å². The third kappa shape index (κ3) is 5.85. The quantitative estimate of drug-likeness (QED) is 0.146. The molecule has 14 rings (SSSR count). The maximum Gasteiger partial charge on any atom is -0.00206 e. The van der Waals surface area contributed by atoms with E-state index in [0.717, 1.165) is 12.8 Å². The molecule has 0 aromatic heterocycles. The first kappa shape index (κ1) is 37.1. The highest BCUT2D eigenvalue weighted by molar-refractivity contribution is 6.25. The molecule has 0 radical (unpaired) electrons. The molecule has 66 heavy (non-hydrogen) atoms. The fourth-order valence-corrected chi connectivity index (χ4v) is 11.5. The summed E-state index contributed by atoms with van der Waals surface area (Å²) in [6.45, 7) is 0. The molecule has 0 spiro atoms. The van der Waals surface area contributed by atoms with Crippen LogP contribution in [0.2, 0.25) is 0 Å². The number of hydrogen-bond donors (Lipinski definition) is 0. The summed E-state index contributed by atoms with van der Waals surface area (Å²) < 4.78 is 0. The van der Waals surface area contributed by atoms with Crippen molar-refractivity contribution in [3.05, 3.63) is 253 Å². The molecule has 0 fully saturated rings. The minimum Gasteiger partial charge on any atom is -0.0759 e. The van der Waals surface area contributed by atoms with Crippen molar-refractivity contribution in [3.63, 3.8) is 0 Å². The van der Waals surface area contributed by atoms with Gasteiger partial charge in [0.1, 0.15) is 0 Å². The van der Waals surface area contributed by atoms with E-state index < -0.39 is 0 Å². The Morgan fingerprint density at radius 2 is 0.727 bits per heavy atom. The highest BCUT2D eigenvalue weighted by Gasteiger charge is 2.26. The Bertz CT molecular complexity index is 4030. The van der Waals surface area contributed by atoms with Crippen molar-refractivity contribution < 1.29 is 0 Å². The van der Waals surface area contributed by atoms with Crippen molar-refractivity contribution in [2.75, 3.05) is 0 Å². The molecule has 0 N–H and O–H groups in total. The minimum absolute atomic E-state index is 0.940. The van der Waals surface area contributed by atoms with E-state index in [9.17, 15) is 0 Å². The van der Waals surface area contributed by atoms with Crippen LogP contribution in [0, 0.1) is 0 Å². The number of allylic oxidation sites excluding steroid dienone is 3. The summed E-state index contributed by atoms with van der Waals surface area (Å²) in [4.78, 5) is 0. The second-order valence-corrected chi connectivity index (χ2v) is 18.3. The van der Waals surface area contributed by atoms with Gasteiger partial charge >= 0.3 is 0 Å². The van der Waals surface area contributed by atoms with Gasteiger partial charge in [-0.05, 0) is 186 Å². The smallest absolute Gasteiger partial charge is 0.00206 e. The SMILES string of the molecule is C1=C(c2ccc3ccccc3c2)c2ccc3ccc(-c4cccc(-c5cccc(-c6cccc(-c7cccc(-c8ccc9ccc%10cccc%11ccc8c9c%10%11)c7)c6)c5)c4)c4c3c2C(=CC4)C1. The van der Waals surface area contributed by atoms with Crippen molar-refractivity contribution in [3.8, 4) is 55.6 Å². The minimum atomic E-state index is 0.940. The van der Waals surface area contributed by atoms with Gasteiger partial charge in [0.25, 0.3) is 0 Å². The molecular weight excluding hydrogens is 793 g/mol. The number of rotatable bonds is 6. The fraction of sp³-hybridized carbons (Fsp3) is 0.0303. The summed E-state index contributed by atoms with van der Waals surface area (Å²) in [5, 5.41) is 13.2. The Kier molecular flexibility index (Phi) is 8.21. The lowest BCUT2D eigenvalue weighted by Crippen LogP contribution is -2.07. The Morgan fingerprint density at radius 3 is 1.39 bits per heavy atom. The second kappa shape index (κ2) is 14.6. The van der Waals surface area contributed by atoms with Crippen LogP contribution in [-0.4, -0.2) is 0 Å². The molecule has 0 saturated heterocycles. The van der Waals surface area contributed by atoms with Crippen molar-refractivity contribution in [1.82, 2.24) is 0 Å². The average Bonchev–Trinajstić information content (AvgIpc) is 3.39.